The number of nitrogens with zero attached hydrogens (tertiary/aromatic N) is 2. The van der Waals surface area contributed by atoms with Crippen LogP contribution in [0.15, 0.2) is 36.4 Å². The van der Waals surface area contributed by atoms with Crippen molar-refractivity contribution in [1.29, 1.82) is 0 Å². The summed E-state index contributed by atoms with van der Waals surface area (Å²) < 4.78 is 37.4. The lowest BCUT2D eigenvalue weighted by Crippen LogP contribution is -2.51. The molecule has 0 unspecified atom stereocenters. The maximum absolute atomic E-state index is 13.7. The summed E-state index contributed by atoms with van der Waals surface area (Å²) in [6, 6.07) is 8.78. The van der Waals surface area contributed by atoms with Crippen molar-refractivity contribution in [1.82, 2.24) is 4.90 Å². The van der Waals surface area contributed by atoms with Crippen LogP contribution in [-0.4, -0.2) is 49.8 Å². The predicted molar refractivity (Wildman–Crippen MR) is 108 cm³/mol. The van der Waals surface area contributed by atoms with E-state index in [0.717, 1.165) is 12.1 Å². The van der Waals surface area contributed by atoms with E-state index in [2.05, 4.69) is 0 Å². The van der Waals surface area contributed by atoms with Gasteiger partial charge in [0, 0.05) is 25.0 Å². The second-order valence-electron chi connectivity index (χ2n) is 6.99. The van der Waals surface area contributed by atoms with Crippen LogP contribution in [-0.2, 0) is 25.7 Å². The molecular weight excluding hydrogens is 414 g/mol. The second kappa shape index (κ2) is 7.88. The molecule has 2 aromatic rings. The molecule has 2 heterocycles. The number of thioether (sulfide) groups is 1. The molecule has 0 radical (unpaired) electrons. The molecule has 0 aliphatic carbocycles. The Hall–Kier alpha value is -2.65. The Morgan fingerprint density at radius 1 is 1.17 bits per heavy atom. The van der Waals surface area contributed by atoms with Crippen LogP contribution in [0.25, 0.3) is 0 Å². The monoisotopic (exact) mass is 434 g/mol. The van der Waals surface area contributed by atoms with Crippen molar-refractivity contribution >= 4 is 29.3 Å². The third kappa shape index (κ3) is 3.13. The van der Waals surface area contributed by atoms with Crippen molar-refractivity contribution in [3.63, 3.8) is 0 Å². The molecule has 0 bridgehead atoms. The summed E-state index contributed by atoms with van der Waals surface area (Å²) in [5.41, 5.74) is 1.69. The van der Waals surface area contributed by atoms with Crippen molar-refractivity contribution in [3.8, 4) is 5.75 Å². The highest BCUT2D eigenvalue weighted by Gasteiger charge is 2.59. The van der Waals surface area contributed by atoms with E-state index < -0.39 is 16.5 Å². The zero-order valence-electron chi connectivity index (χ0n) is 16.5. The van der Waals surface area contributed by atoms with Gasteiger partial charge in [0.25, 0.3) is 5.91 Å². The van der Waals surface area contributed by atoms with Gasteiger partial charge in [0.1, 0.15) is 12.4 Å². The topological polar surface area (TPSA) is 59.1 Å². The average Bonchev–Trinajstić information content (AvgIpc) is 3.28. The van der Waals surface area contributed by atoms with Gasteiger partial charge in [-0.25, -0.2) is 8.78 Å². The standard InChI is InChI=1S/C21H20F2N2O4S/c1-28-12-19(26)25-7-8-30-21(25)15-10-14(29-2)4-6-18(15)24(20(21)27)11-13-3-5-16(22)17(23)9-13/h3-6,9-10H,7-8,11-12H2,1-2H3/t21-/m0/s1. The average molecular weight is 434 g/mol. The van der Waals surface area contributed by atoms with E-state index in [1.165, 1.54) is 41.8 Å². The minimum atomic E-state index is -1.24. The van der Waals surface area contributed by atoms with Crippen LogP contribution in [0.3, 0.4) is 0 Å². The van der Waals surface area contributed by atoms with E-state index in [1.54, 1.807) is 18.2 Å². The fourth-order valence-electron chi connectivity index (χ4n) is 3.96. The summed E-state index contributed by atoms with van der Waals surface area (Å²) in [5.74, 6) is -1.38. The number of hydrogen-bond acceptors (Lipinski definition) is 5. The molecule has 1 atom stereocenters. The number of rotatable bonds is 5. The van der Waals surface area contributed by atoms with E-state index >= 15 is 0 Å². The van der Waals surface area contributed by atoms with Gasteiger partial charge in [-0.1, -0.05) is 6.07 Å². The van der Waals surface area contributed by atoms with E-state index in [0.29, 0.717) is 34.9 Å². The van der Waals surface area contributed by atoms with Gasteiger partial charge in [0.2, 0.25) is 5.91 Å². The zero-order chi connectivity index (χ0) is 21.5. The van der Waals surface area contributed by atoms with E-state index in [-0.39, 0.29) is 25.0 Å². The molecule has 158 valence electrons. The van der Waals surface area contributed by atoms with Crippen LogP contribution < -0.4 is 9.64 Å². The molecule has 0 saturated carbocycles. The van der Waals surface area contributed by atoms with Gasteiger partial charge in [-0.2, -0.15) is 0 Å². The molecule has 2 aliphatic rings. The van der Waals surface area contributed by atoms with Gasteiger partial charge in [-0.15, -0.1) is 11.8 Å². The van der Waals surface area contributed by atoms with Crippen molar-refractivity contribution < 1.29 is 27.8 Å². The Kier molecular flexibility index (Phi) is 5.42. The fourth-order valence-corrected chi connectivity index (χ4v) is 5.43. The number of ether oxygens (including phenoxy) is 2. The summed E-state index contributed by atoms with van der Waals surface area (Å²) in [4.78, 5) is 28.3. The van der Waals surface area contributed by atoms with Gasteiger partial charge < -0.3 is 19.3 Å². The SMILES string of the molecule is COCC(=O)N1CCS[C@@]12C(=O)N(Cc1ccc(F)c(F)c1)c1ccc(OC)cc12. The molecule has 9 heteroatoms. The van der Waals surface area contributed by atoms with Gasteiger partial charge >= 0.3 is 0 Å². The third-order valence-electron chi connectivity index (χ3n) is 5.29. The summed E-state index contributed by atoms with van der Waals surface area (Å²) in [6.45, 7) is 0.302. The number of anilines is 1. The van der Waals surface area contributed by atoms with Crippen LogP contribution in [0.2, 0.25) is 0 Å². The molecule has 4 rings (SSSR count). The van der Waals surface area contributed by atoms with Gasteiger partial charge in [-0.05, 0) is 35.9 Å². The number of amides is 2. The Morgan fingerprint density at radius 3 is 2.67 bits per heavy atom. The fraction of sp³-hybridized carbons (Fsp3) is 0.333. The number of methoxy groups -OCH3 is 2. The lowest BCUT2D eigenvalue weighted by Gasteiger charge is -2.33. The second-order valence-corrected chi connectivity index (χ2v) is 8.28. The van der Waals surface area contributed by atoms with Crippen LogP contribution >= 0.6 is 11.8 Å². The number of benzene rings is 2. The van der Waals surface area contributed by atoms with Crippen molar-refractivity contribution in [2.75, 3.05) is 38.0 Å². The molecule has 1 saturated heterocycles. The van der Waals surface area contributed by atoms with Crippen LogP contribution in [0.4, 0.5) is 14.5 Å². The molecule has 0 N–H and O–H groups in total. The molecule has 6 nitrogen and oxygen atoms in total. The van der Waals surface area contributed by atoms with E-state index in [1.807, 2.05) is 0 Å². The Balaban J connectivity index is 1.80. The largest absolute Gasteiger partial charge is 0.497 e. The lowest BCUT2D eigenvalue weighted by atomic mass is 10.1. The minimum absolute atomic E-state index is 0.0456. The number of carbonyl (C=O) groups is 2. The van der Waals surface area contributed by atoms with Crippen LogP contribution in [0.5, 0.6) is 5.75 Å². The highest BCUT2D eigenvalue weighted by Crippen LogP contribution is 2.55. The molecule has 1 fully saturated rings. The number of fused-ring (bicyclic) bond motifs is 2. The van der Waals surface area contributed by atoms with Crippen LogP contribution in [0.1, 0.15) is 11.1 Å². The van der Waals surface area contributed by atoms with Gasteiger partial charge in [-0.3, -0.25) is 9.59 Å². The first kappa shape index (κ1) is 20.6. The molecule has 30 heavy (non-hydrogen) atoms. The summed E-state index contributed by atoms with van der Waals surface area (Å²) in [5, 5.41) is 0. The minimum Gasteiger partial charge on any atom is -0.497 e. The number of carbonyl (C=O) groups excluding carboxylic acids is 2. The lowest BCUT2D eigenvalue weighted by molar-refractivity contribution is -0.143. The van der Waals surface area contributed by atoms with Crippen molar-refractivity contribution in [2.24, 2.45) is 0 Å². The van der Waals surface area contributed by atoms with E-state index in [4.69, 9.17) is 9.47 Å². The van der Waals surface area contributed by atoms with Crippen molar-refractivity contribution in [3.05, 3.63) is 59.2 Å². The Bertz CT molecular complexity index is 1020. The van der Waals surface area contributed by atoms with Gasteiger partial charge in [0.15, 0.2) is 16.5 Å². The predicted octanol–water partition coefficient (Wildman–Crippen LogP) is 2.89. The summed E-state index contributed by atoms with van der Waals surface area (Å²) in [7, 11) is 2.95. The third-order valence-corrected chi connectivity index (χ3v) is 6.71. The number of hydrogen-bond donors (Lipinski definition) is 0. The summed E-state index contributed by atoms with van der Waals surface area (Å²) in [6.07, 6.45) is 0. The first-order chi connectivity index (χ1) is 14.4. The molecule has 2 aromatic carbocycles. The maximum atomic E-state index is 13.7. The molecule has 1 spiro atoms. The highest BCUT2D eigenvalue weighted by atomic mass is 32.2. The number of halogens is 2. The quantitative estimate of drug-likeness (QED) is 0.724. The van der Waals surface area contributed by atoms with E-state index in [9.17, 15) is 18.4 Å². The first-order valence-electron chi connectivity index (χ1n) is 9.30. The Labute approximate surface area is 176 Å². The normalized spacial score (nSPS) is 20.2. The molecule has 2 amide bonds. The first-order valence-corrected chi connectivity index (χ1v) is 10.3. The zero-order valence-corrected chi connectivity index (χ0v) is 17.3. The Morgan fingerprint density at radius 2 is 1.97 bits per heavy atom. The smallest absolute Gasteiger partial charge is 0.268 e. The molecule has 0 aromatic heterocycles. The maximum Gasteiger partial charge on any atom is 0.268 e. The molecular formula is C21H20F2N2O4S. The highest BCUT2D eigenvalue weighted by molar-refractivity contribution is 8.01. The van der Waals surface area contributed by atoms with Gasteiger partial charge in [0.05, 0.1) is 19.3 Å². The summed E-state index contributed by atoms with van der Waals surface area (Å²) >= 11 is 1.37. The van der Waals surface area contributed by atoms with Crippen molar-refractivity contribution in [2.45, 2.75) is 11.4 Å². The van der Waals surface area contributed by atoms with Crippen LogP contribution in [0, 0.1) is 11.6 Å². The molecule has 2 aliphatic heterocycles.